The highest BCUT2D eigenvalue weighted by molar-refractivity contribution is 5.98. The number of nitrogens with one attached hydrogen (secondary N) is 3. The van der Waals surface area contributed by atoms with Gasteiger partial charge in [-0.2, -0.15) is 0 Å². The Bertz CT molecular complexity index is 853. The van der Waals surface area contributed by atoms with Crippen molar-refractivity contribution in [3.05, 3.63) is 59.9 Å². The lowest BCUT2D eigenvalue weighted by atomic mass is 10.0. The zero-order valence-corrected chi connectivity index (χ0v) is 16.1. The lowest BCUT2D eigenvalue weighted by Gasteiger charge is -2.22. The van der Waals surface area contributed by atoms with Gasteiger partial charge in [-0.25, -0.2) is 4.39 Å². The predicted molar refractivity (Wildman–Crippen MR) is 106 cm³/mol. The molecule has 2 aromatic rings. The molecule has 1 unspecified atom stereocenters. The zero-order valence-electron chi connectivity index (χ0n) is 16.1. The van der Waals surface area contributed by atoms with Crippen molar-refractivity contribution in [3.8, 4) is 0 Å². The molecule has 6 nitrogen and oxygen atoms in total. The SMILES string of the molecule is CC(=O)Nc1cc(NC(=O)C(NC(=O)Cc2ccccc2)C(C)C)ccc1F. The van der Waals surface area contributed by atoms with Crippen LogP contribution in [0.15, 0.2) is 48.5 Å². The summed E-state index contributed by atoms with van der Waals surface area (Å²) in [6.45, 7) is 4.91. The highest BCUT2D eigenvalue weighted by atomic mass is 19.1. The van der Waals surface area contributed by atoms with Crippen LogP contribution in [0.25, 0.3) is 0 Å². The van der Waals surface area contributed by atoms with E-state index in [1.165, 1.54) is 19.1 Å². The molecular formula is C21H24FN3O3. The molecule has 0 heterocycles. The summed E-state index contributed by atoms with van der Waals surface area (Å²) in [7, 11) is 0. The molecule has 28 heavy (non-hydrogen) atoms. The van der Waals surface area contributed by atoms with Gasteiger partial charge in [0.05, 0.1) is 12.1 Å². The van der Waals surface area contributed by atoms with Crippen molar-refractivity contribution in [2.75, 3.05) is 10.6 Å². The lowest BCUT2D eigenvalue weighted by Crippen LogP contribution is -2.47. The molecule has 0 bridgehead atoms. The van der Waals surface area contributed by atoms with E-state index in [4.69, 9.17) is 0 Å². The third kappa shape index (κ3) is 6.19. The maximum atomic E-state index is 13.7. The molecule has 1 atom stereocenters. The smallest absolute Gasteiger partial charge is 0.247 e. The van der Waals surface area contributed by atoms with E-state index in [1.807, 2.05) is 44.2 Å². The van der Waals surface area contributed by atoms with Crippen LogP contribution in [0.3, 0.4) is 0 Å². The largest absolute Gasteiger partial charge is 0.344 e. The quantitative estimate of drug-likeness (QED) is 0.684. The highest BCUT2D eigenvalue weighted by Crippen LogP contribution is 2.20. The van der Waals surface area contributed by atoms with Gasteiger partial charge in [0.25, 0.3) is 0 Å². The summed E-state index contributed by atoms with van der Waals surface area (Å²) in [4.78, 5) is 36.1. The average Bonchev–Trinajstić information content (AvgIpc) is 2.62. The fourth-order valence-corrected chi connectivity index (χ4v) is 2.65. The summed E-state index contributed by atoms with van der Waals surface area (Å²) in [5.41, 5.74) is 1.14. The minimum absolute atomic E-state index is 0.0282. The average molecular weight is 385 g/mol. The van der Waals surface area contributed by atoms with Crippen molar-refractivity contribution < 1.29 is 18.8 Å². The lowest BCUT2D eigenvalue weighted by molar-refractivity contribution is -0.127. The first-order chi connectivity index (χ1) is 13.3. The van der Waals surface area contributed by atoms with Crippen molar-refractivity contribution in [1.29, 1.82) is 0 Å². The Kier molecular flexibility index (Phi) is 7.26. The molecule has 2 rings (SSSR count). The fourth-order valence-electron chi connectivity index (χ4n) is 2.65. The first-order valence-electron chi connectivity index (χ1n) is 8.97. The third-order valence-electron chi connectivity index (χ3n) is 4.02. The predicted octanol–water partition coefficient (Wildman–Crippen LogP) is 3.11. The standard InChI is InChI=1S/C21H24FN3O3/c1-13(2)20(25-19(27)11-15-7-5-4-6-8-15)21(28)24-16-9-10-17(22)18(12-16)23-14(3)26/h4-10,12-13,20H,11H2,1-3H3,(H,23,26)(H,24,28)(H,25,27). The van der Waals surface area contributed by atoms with Crippen LogP contribution in [0, 0.1) is 11.7 Å². The molecular weight excluding hydrogens is 361 g/mol. The molecule has 0 fully saturated rings. The number of hydrogen-bond donors (Lipinski definition) is 3. The Morgan fingerprint density at radius 3 is 2.29 bits per heavy atom. The fraction of sp³-hybridized carbons (Fsp3) is 0.286. The van der Waals surface area contributed by atoms with Crippen LogP contribution in [0.2, 0.25) is 0 Å². The molecule has 0 saturated carbocycles. The van der Waals surface area contributed by atoms with E-state index >= 15 is 0 Å². The molecule has 2 aromatic carbocycles. The van der Waals surface area contributed by atoms with Crippen LogP contribution in [0.4, 0.5) is 15.8 Å². The van der Waals surface area contributed by atoms with Gasteiger partial charge in [0.15, 0.2) is 0 Å². The van der Waals surface area contributed by atoms with E-state index in [2.05, 4.69) is 16.0 Å². The van der Waals surface area contributed by atoms with E-state index in [9.17, 15) is 18.8 Å². The molecule has 0 aliphatic rings. The molecule has 0 spiro atoms. The number of halogens is 1. The van der Waals surface area contributed by atoms with Crippen LogP contribution in [-0.4, -0.2) is 23.8 Å². The van der Waals surface area contributed by atoms with E-state index in [1.54, 1.807) is 0 Å². The maximum absolute atomic E-state index is 13.7. The minimum Gasteiger partial charge on any atom is -0.344 e. The zero-order chi connectivity index (χ0) is 20.7. The second kappa shape index (κ2) is 9.64. The van der Waals surface area contributed by atoms with Gasteiger partial charge in [-0.1, -0.05) is 44.2 Å². The van der Waals surface area contributed by atoms with Gasteiger partial charge < -0.3 is 16.0 Å². The first-order valence-corrected chi connectivity index (χ1v) is 8.97. The van der Waals surface area contributed by atoms with E-state index in [0.717, 1.165) is 11.6 Å². The Morgan fingerprint density at radius 1 is 1.00 bits per heavy atom. The third-order valence-corrected chi connectivity index (χ3v) is 4.02. The maximum Gasteiger partial charge on any atom is 0.247 e. The monoisotopic (exact) mass is 385 g/mol. The Balaban J connectivity index is 2.06. The molecule has 3 N–H and O–H groups in total. The van der Waals surface area contributed by atoms with Crippen molar-refractivity contribution in [1.82, 2.24) is 5.32 Å². The summed E-state index contributed by atoms with van der Waals surface area (Å²) in [6, 6.07) is 12.3. The number of carbonyl (C=O) groups is 3. The first kappa shape index (κ1) is 21.1. The van der Waals surface area contributed by atoms with Gasteiger partial charge in [0.1, 0.15) is 11.9 Å². The van der Waals surface area contributed by atoms with Gasteiger partial charge in [-0.3, -0.25) is 14.4 Å². The van der Waals surface area contributed by atoms with E-state index < -0.39 is 23.7 Å². The number of hydrogen-bond acceptors (Lipinski definition) is 3. The van der Waals surface area contributed by atoms with Crippen molar-refractivity contribution in [3.63, 3.8) is 0 Å². The number of amides is 3. The summed E-state index contributed by atoms with van der Waals surface area (Å²) < 4.78 is 13.7. The summed E-state index contributed by atoms with van der Waals surface area (Å²) >= 11 is 0. The van der Waals surface area contributed by atoms with E-state index in [-0.39, 0.29) is 23.9 Å². The summed E-state index contributed by atoms with van der Waals surface area (Å²) in [5.74, 6) is -1.87. The molecule has 0 radical (unpaired) electrons. The normalized spacial score (nSPS) is 11.6. The van der Waals surface area contributed by atoms with Crippen LogP contribution >= 0.6 is 0 Å². The van der Waals surface area contributed by atoms with Crippen molar-refractivity contribution in [2.45, 2.75) is 33.2 Å². The van der Waals surface area contributed by atoms with Crippen LogP contribution in [0.5, 0.6) is 0 Å². The van der Waals surface area contributed by atoms with Crippen molar-refractivity contribution in [2.24, 2.45) is 5.92 Å². The highest BCUT2D eigenvalue weighted by Gasteiger charge is 2.24. The summed E-state index contributed by atoms with van der Waals surface area (Å²) in [5, 5.41) is 7.77. The topological polar surface area (TPSA) is 87.3 Å². The van der Waals surface area contributed by atoms with Crippen LogP contribution in [0.1, 0.15) is 26.3 Å². The van der Waals surface area contributed by atoms with Gasteiger partial charge in [0, 0.05) is 12.6 Å². The Labute approximate surface area is 163 Å². The molecule has 0 saturated heterocycles. The second-order valence-corrected chi connectivity index (χ2v) is 6.82. The van der Waals surface area contributed by atoms with Gasteiger partial charge >= 0.3 is 0 Å². The van der Waals surface area contributed by atoms with E-state index in [0.29, 0.717) is 5.69 Å². The van der Waals surface area contributed by atoms with Crippen LogP contribution < -0.4 is 16.0 Å². The molecule has 0 aliphatic heterocycles. The van der Waals surface area contributed by atoms with Crippen molar-refractivity contribution >= 4 is 29.1 Å². The second-order valence-electron chi connectivity index (χ2n) is 6.82. The van der Waals surface area contributed by atoms with Gasteiger partial charge in [-0.15, -0.1) is 0 Å². The Morgan fingerprint density at radius 2 is 1.68 bits per heavy atom. The number of benzene rings is 2. The molecule has 3 amide bonds. The van der Waals surface area contributed by atoms with Crippen LogP contribution in [-0.2, 0) is 20.8 Å². The molecule has 0 aliphatic carbocycles. The number of rotatable bonds is 7. The van der Waals surface area contributed by atoms with Gasteiger partial charge in [-0.05, 0) is 29.7 Å². The molecule has 7 heteroatoms. The number of carbonyl (C=O) groups excluding carboxylic acids is 3. The minimum atomic E-state index is -0.759. The number of anilines is 2. The Hall–Kier alpha value is -3.22. The van der Waals surface area contributed by atoms with Gasteiger partial charge in [0.2, 0.25) is 17.7 Å². The molecule has 0 aromatic heterocycles. The molecule has 148 valence electrons. The summed E-state index contributed by atoms with van der Waals surface area (Å²) in [6.07, 6.45) is 0.167.